The molecule has 5 aliphatic rings. The lowest BCUT2D eigenvalue weighted by Crippen LogP contribution is -2.45. The molecule has 11 rings (SSSR count). The highest BCUT2D eigenvalue weighted by atomic mass is 32.1. The highest BCUT2D eigenvalue weighted by Gasteiger charge is 2.43. The Morgan fingerprint density at radius 2 is 0.791 bits per heavy atom. The number of aliphatic hydroxyl groups is 1. The lowest BCUT2D eigenvalue weighted by atomic mass is 9.68. The lowest BCUT2D eigenvalue weighted by Gasteiger charge is -2.38. The number of thiophene rings is 1. The molecule has 0 spiro atoms. The number of pyridine rings is 1. The second-order valence-corrected chi connectivity index (χ2v) is 41.1. The summed E-state index contributed by atoms with van der Waals surface area (Å²) in [6, 6.07) is 42.3. The van der Waals surface area contributed by atoms with Gasteiger partial charge in [0, 0.05) is 109 Å². The predicted octanol–water partition coefficient (Wildman–Crippen LogP) is 25.4. The molecule has 6 aromatic rings. The zero-order valence-corrected chi connectivity index (χ0v) is 82.9. The van der Waals surface area contributed by atoms with Crippen molar-refractivity contribution in [2.45, 2.75) is 315 Å². The van der Waals surface area contributed by atoms with Crippen LogP contribution in [0.1, 0.15) is 370 Å². The third-order valence-corrected chi connectivity index (χ3v) is 30.2. The van der Waals surface area contributed by atoms with Crippen LogP contribution in [0.15, 0.2) is 151 Å². The SMILES string of the molecule is CC(C)(C(=O)CCC(=O)c1ccccn1)C1CCCCC1.CC(C)(C(=O)CCC(O)c1ccccc1)C1CCCCC1.CCC(CC)[C@@H](C)C(=O)N(C)CC(=O)c1ccccc1.CN(CC(=O)c1cccs1)C(=O)C(C)(C)C1CCCCC1.COc1ccc(C(=O)CCC(=O)C(C)(C)C2CCCCC2)cc1.Cc1cccc(C(=O)CN(C)C(=O)C(C)(C)C2CCCCC2)c1. The van der Waals surface area contributed by atoms with E-state index in [1.807, 2.05) is 132 Å². The molecule has 5 aliphatic carbocycles. The molecule has 4 aromatic carbocycles. The van der Waals surface area contributed by atoms with Gasteiger partial charge in [0.1, 0.15) is 28.8 Å². The largest absolute Gasteiger partial charge is 0.497 e. The van der Waals surface area contributed by atoms with Gasteiger partial charge in [-0.05, 0) is 173 Å². The van der Waals surface area contributed by atoms with Crippen molar-refractivity contribution in [2.75, 3.05) is 47.9 Å². The standard InChI is InChI=1S/C20H29NO2.C20H28O3.C19H28O2.C18H25NO2.C17H25NO2S.C17H25NO2/c1-15-9-8-10-16(13-15)18(22)14-21(4)19(23)20(2,3)17-11-6-5-7-12-17;1-20(2,16-7-5-4-6-8-16)19(22)14-13-18(21)15-9-11-17(23-3)12-10-15;1-19(2,16-11-7-4-8-12-16)18(21)14-13-17(20)15-9-5-3-6-10-15;1-18(2,14-8-4-3-5-9-14)17(21)12-11-16(20)15-10-6-7-13-19-15;1-17(2,13-8-5-4-6-9-13)16(20)18(3)12-14(19)15-10-7-11-21-15;1-5-14(6-2)13(3)17(20)18(4)12-16(19)15-10-8-7-9-11-15/h8-10,13,17H,5-7,11-12,14H2,1-4H3;9-12,16H,4-8,13-14H2,1-3H3;3,5-6,9-10,16-17,20H,4,7-8,11-14H2,1-2H3;6-7,10,13-14H,3-5,8-9,11-12H2,1-2H3;7,10-11,13H,4-6,8-9,12H2,1-3H3;7-11,13-14H,5-6,12H2,1-4H3/t;;;;;13-/m.....1/s1. The first-order valence-corrected chi connectivity index (χ1v) is 49.6. The van der Waals surface area contributed by atoms with Crippen molar-refractivity contribution >= 4 is 75.3 Å². The molecule has 1 N–H and O–H groups in total. The number of aliphatic hydroxyl groups excluding tert-OH is 1. The van der Waals surface area contributed by atoms with E-state index in [-0.39, 0.29) is 117 Å². The topological polar surface area (TPSA) is 240 Å². The molecule has 2 aromatic heterocycles. The van der Waals surface area contributed by atoms with Crippen molar-refractivity contribution in [3.05, 3.63) is 189 Å². The van der Waals surface area contributed by atoms with E-state index in [0.29, 0.717) is 95.8 Å². The van der Waals surface area contributed by atoms with Gasteiger partial charge in [-0.25, -0.2) is 0 Å². The van der Waals surface area contributed by atoms with E-state index in [0.717, 1.165) is 86.0 Å². The lowest BCUT2D eigenvalue weighted by molar-refractivity contribution is -0.142. The predicted molar refractivity (Wildman–Crippen MR) is 523 cm³/mol. The van der Waals surface area contributed by atoms with E-state index >= 15 is 0 Å². The number of amides is 3. The van der Waals surface area contributed by atoms with Crippen LogP contribution in [0, 0.1) is 75.4 Å². The van der Waals surface area contributed by atoms with Gasteiger partial charge in [-0.2, -0.15) is 0 Å². The molecular weight excluding hydrogens is 1630 g/mol. The summed E-state index contributed by atoms with van der Waals surface area (Å²) in [4.78, 5) is 146. The van der Waals surface area contributed by atoms with Crippen LogP contribution in [0.5, 0.6) is 5.75 Å². The van der Waals surface area contributed by atoms with Crippen molar-refractivity contribution in [3.63, 3.8) is 0 Å². The average Bonchev–Trinajstić information content (AvgIpc) is 1.59. The van der Waals surface area contributed by atoms with Gasteiger partial charge < -0.3 is 24.5 Å². The second-order valence-electron chi connectivity index (χ2n) is 40.2. The number of benzene rings is 4. The number of carbonyl (C=O) groups is 11. The third-order valence-electron chi connectivity index (χ3n) is 29.3. The summed E-state index contributed by atoms with van der Waals surface area (Å²) in [6.45, 7) is 29.2. The van der Waals surface area contributed by atoms with Crippen LogP contribution in [0.3, 0.4) is 0 Å². The van der Waals surface area contributed by atoms with Gasteiger partial charge in [-0.15, -0.1) is 11.3 Å². The molecule has 0 bridgehead atoms. The van der Waals surface area contributed by atoms with E-state index in [4.69, 9.17) is 4.74 Å². The maximum atomic E-state index is 12.9. The van der Waals surface area contributed by atoms with Crippen molar-refractivity contribution < 1.29 is 62.6 Å². The third kappa shape index (κ3) is 34.1. The number of Topliss-reactive ketones (excluding diaryl/α,β-unsaturated/α-hetero) is 8. The molecule has 3 amide bonds. The number of hydrogen-bond donors (Lipinski definition) is 1. The van der Waals surface area contributed by atoms with Crippen LogP contribution >= 0.6 is 11.3 Å². The summed E-state index contributed by atoms with van der Waals surface area (Å²) < 4.78 is 5.09. The summed E-state index contributed by atoms with van der Waals surface area (Å²) in [5, 5.41) is 12.1. The summed E-state index contributed by atoms with van der Waals surface area (Å²) in [5.74, 6) is 4.44. The molecule has 5 saturated carbocycles. The Balaban J connectivity index is 0.000000239. The van der Waals surface area contributed by atoms with Gasteiger partial charge in [-0.1, -0.05) is 296 Å². The molecule has 0 aliphatic heterocycles. The molecule has 129 heavy (non-hydrogen) atoms. The molecule has 17 nitrogen and oxygen atoms in total. The van der Waals surface area contributed by atoms with Gasteiger partial charge in [-0.3, -0.25) is 57.7 Å². The first-order valence-electron chi connectivity index (χ1n) is 48.7. The summed E-state index contributed by atoms with van der Waals surface area (Å²) in [6.07, 6.45) is 35.5. The summed E-state index contributed by atoms with van der Waals surface area (Å²) in [5.41, 5.74) is 2.81. The number of ether oxygens (including phenoxy) is 1. The van der Waals surface area contributed by atoms with E-state index in [1.54, 1.807) is 104 Å². The fraction of sp³-hybridized carbons (Fsp3) is 0.604. The number of ketones is 8. The fourth-order valence-electron chi connectivity index (χ4n) is 19.8. The number of methoxy groups -OCH3 is 1. The highest BCUT2D eigenvalue weighted by Crippen LogP contribution is 2.45. The molecule has 5 fully saturated rings. The number of likely N-dealkylation sites (N-methyl/N-ethyl adjacent to an activating group) is 3. The van der Waals surface area contributed by atoms with Crippen LogP contribution < -0.4 is 4.74 Å². The van der Waals surface area contributed by atoms with Gasteiger partial charge >= 0.3 is 0 Å². The first-order chi connectivity index (χ1) is 61.2. The number of hydrogen-bond acceptors (Lipinski definition) is 15. The average molecular weight is 1790 g/mol. The van der Waals surface area contributed by atoms with Crippen molar-refractivity contribution in [1.29, 1.82) is 0 Å². The van der Waals surface area contributed by atoms with Crippen LogP contribution in [0.4, 0.5) is 0 Å². The number of aryl methyl sites for hydroxylation is 1. The van der Waals surface area contributed by atoms with E-state index in [9.17, 15) is 57.8 Å². The Hall–Kier alpha value is -8.74. The van der Waals surface area contributed by atoms with Gasteiger partial charge in [0.15, 0.2) is 28.9 Å². The molecule has 0 radical (unpaired) electrons. The molecule has 708 valence electrons. The Morgan fingerprint density at radius 3 is 1.19 bits per heavy atom. The Kier molecular flexibility index (Phi) is 45.9. The van der Waals surface area contributed by atoms with Crippen LogP contribution in [0.25, 0.3) is 0 Å². The quantitative estimate of drug-likeness (QED) is 0.0360. The van der Waals surface area contributed by atoms with Crippen molar-refractivity contribution in [2.24, 2.45) is 68.5 Å². The molecule has 0 saturated heterocycles. The van der Waals surface area contributed by atoms with Gasteiger partial charge in [0.05, 0.1) is 37.7 Å². The molecular formula is C111H160N4O13S. The summed E-state index contributed by atoms with van der Waals surface area (Å²) >= 11 is 1.43. The van der Waals surface area contributed by atoms with Gasteiger partial charge in [0.25, 0.3) is 0 Å². The smallest absolute Gasteiger partial charge is 0.228 e. The highest BCUT2D eigenvalue weighted by molar-refractivity contribution is 7.12. The monoisotopic (exact) mass is 1790 g/mol. The number of aromatic nitrogens is 1. The minimum atomic E-state index is -0.530. The molecule has 2 atom stereocenters. The van der Waals surface area contributed by atoms with Gasteiger partial charge in [0.2, 0.25) is 17.7 Å². The zero-order chi connectivity index (χ0) is 95.1. The van der Waals surface area contributed by atoms with Crippen LogP contribution in [-0.2, 0) is 28.8 Å². The molecule has 18 heteroatoms. The number of rotatable bonds is 36. The number of nitrogens with zero attached hydrogens (tertiary/aromatic N) is 4. The minimum absolute atomic E-state index is 0.00370. The normalized spacial score (nSPS) is 16.1. The van der Waals surface area contributed by atoms with Crippen molar-refractivity contribution in [1.82, 2.24) is 19.7 Å². The van der Waals surface area contributed by atoms with E-state index in [1.165, 1.54) is 120 Å². The maximum Gasteiger partial charge on any atom is 0.228 e. The van der Waals surface area contributed by atoms with E-state index in [2.05, 4.69) is 60.4 Å². The number of carbonyl (C=O) groups excluding carboxylic acids is 11. The minimum Gasteiger partial charge on any atom is -0.497 e. The van der Waals surface area contributed by atoms with Crippen LogP contribution in [-0.4, -0.2) is 137 Å². The Bertz CT molecular complexity index is 4420. The van der Waals surface area contributed by atoms with Crippen LogP contribution in [0.2, 0.25) is 0 Å². The molecule has 2 heterocycles. The van der Waals surface area contributed by atoms with E-state index < -0.39 is 6.10 Å². The zero-order valence-electron chi connectivity index (χ0n) is 82.1. The van der Waals surface area contributed by atoms with Crippen molar-refractivity contribution in [3.8, 4) is 5.75 Å². The second kappa shape index (κ2) is 54.3. The summed E-state index contributed by atoms with van der Waals surface area (Å²) in [7, 11) is 6.81. The Morgan fingerprint density at radius 1 is 0.411 bits per heavy atom. The maximum absolute atomic E-state index is 12.9. The molecule has 1 unspecified atom stereocenters. The Labute approximate surface area is 779 Å². The first kappa shape index (κ1) is 109. The fourth-order valence-corrected chi connectivity index (χ4v) is 20.5.